The summed E-state index contributed by atoms with van der Waals surface area (Å²) in [5.74, 6) is -0.845. The van der Waals surface area contributed by atoms with E-state index in [4.69, 9.17) is 14.6 Å². The number of methoxy groups -OCH3 is 2. The zero-order chi connectivity index (χ0) is 26.5. The molecule has 37 heavy (non-hydrogen) atoms. The predicted molar refractivity (Wildman–Crippen MR) is 140 cm³/mol. The molecule has 0 fully saturated rings. The van der Waals surface area contributed by atoms with Crippen LogP contribution in [-0.2, 0) is 9.59 Å². The van der Waals surface area contributed by atoms with E-state index >= 15 is 0 Å². The van der Waals surface area contributed by atoms with Crippen molar-refractivity contribution in [3.8, 4) is 11.5 Å². The van der Waals surface area contributed by atoms with Gasteiger partial charge in [0.25, 0.3) is 0 Å². The Morgan fingerprint density at radius 1 is 1.08 bits per heavy atom. The van der Waals surface area contributed by atoms with Crippen LogP contribution < -0.4 is 20.1 Å². The van der Waals surface area contributed by atoms with Gasteiger partial charge in [0, 0.05) is 6.20 Å². The van der Waals surface area contributed by atoms with E-state index in [-0.39, 0.29) is 18.9 Å². The van der Waals surface area contributed by atoms with Gasteiger partial charge in [0.2, 0.25) is 5.91 Å². The van der Waals surface area contributed by atoms with Crippen molar-refractivity contribution in [2.75, 3.05) is 31.4 Å². The number of aliphatic carboxylic acids is 1. The van der Waals surface area contributed by atoms with Gasteiger partial charge in [-0.3, -0.25) is 14.6 Å². The van der Waals surface area contributed by atoms with Gasteiger partial charge in [-0.2, -0.15) is 0 Å². The van der Waals surface area contributed by atoms with Crippen LogP contribution in [0, 0.1) is 5.82 Å². The van der Waals surface area contributed by atoms with Crippen LogP contribution in [-0.4, -0.2) is 42.7 Å². The first kappa shape index (κ1) is 25.4. The summed E-state index contributed by atoms with van der Waals surface area (Å²) < 4.78 is 25.2. The molecule has 190 valence electrons. The highest BCUT2D eigenvalue weighted by Crippen LogP contribution is 2.45. The predicted octanol–water partition coefficient (Wildman–Crippen LogP) is 5.09. The van der Waals surface area contributed by atoms with Crippen molar-refractivity contribution in [1.29, 1.82) is 0 Å². The third-order valence-electron chi connectivity index (χ3n) is 5.99. The van der Waals surface area contributed by atoms with Crippen LogP contribution in [0.15, 0.2) is 60.4 Å². The number of hydrogen-bond acceptors (Lipinski definition) is 6. The maximum Gasteiger partial charge on any atom is 0.322 e. The quantitative estimate of drug-likeness (QED) is 0.373. The Labute approximate surface area is 213 Å². The SMILES string of the molecule is COc1cc(C=C2C(C)=C(CC(=O)Nc3cccnc3)c3cc(F)ccc32)cc(OC)c1NCC(=O)O. The van der Waals surface area contributed by atoms with Crippen LogP contribution >= 0.6 is 0 Å². The Hall–Kier alpha value is -4.66. The van der Waals surface area contributed by atoms with Gasteiger partial charge in [0.1, 0.15) is 29.5 Å². The minimum Gasteiger partial charge on any atom is -0.494 e. The van der Waals surface area contributed by atoms with Gasteiger partial charge >= 0.3 is 5.97 Å². The minimum atomic E-state index is -1.02. The second-order valence-electron chi connectivity index (χ2n) is 8.37. The molecule has 0 bridgehead atoms. The number of benzene rings is 2. The number of carbonyl (C=O) groups excluding carboxylic acids is 1. The molecule has 1 aromatic heterocycles. The Bertz CT molecular complexity index is 1390. The van der Waals surface area contributed by atoms with E-state index in [9.17, 15) is 14.0 Å². The van der Waals surface area contributed by atoms with Crippen LogP contribution in [0.5, 0.6) is 11.5 Å². The highest BCUT2D eigenvalue weighted by atomic mass is 19.1. The molecule has 0 saturated heterocycles. The normalized spacial score (nSPS) is 13.4. The third kappa shape index (κ3) is 5.61. The second-order valence-corrected chi connectivity index (χ2v) is 8.37. The fourth-order valence-corrected chi connectivity index (χ4v) is 4.30. The van der Waals surface area contributed by atoms with Crippen molar-refractivity contribution < 1.29 is 28.6 Å². The topological polar surface area (TPSA) is 110 Å². The number of amides is 1. The third-order valence-corrected chi connectivity index (χ3v) is 5.99. The summed E-state index contributed by atoms with van der Waals surface area (Å²) in [5, 5.41) is 14.7. The number of halogens is 1. The summed E-state index contributed by atoms with van der Waals surface area (Å²) in [4.78, 5) is 27.9. The number of carboxylic acid groups (broad SMARTS) is 1. The molecule has 1 aliphatic carbocycles. The molecule has 8 nitrogen and oxygen atoms in total. The lowest BCUT2D eigenvalue weighted by atomic mass is 10.00. The Morgan fingerprint density at radius 2 is 1.81 bits per heavy atom. The number of allylic oxidation sites excluding steroid dienone is 2. The molecule has 0 aliphatic heterocycles. The van der Waals surface area contributed by atoms with Crippen LogP contribution in [0.25, 0.3) is 17.2 Å². The Kier molecular flexibility index (Phi) is 7.52. The number of hydrogen-bond donors (Lipinski definition) is 3. The average molecular weight is 504 g/mol. The van der Waals surface area contributed by atoms with Crippen molar-refractivity contribution in [1.82, 2.24) is 4.98 Å². The molecule has 0 atom stereocenters. The zero-order valence-corrected chi connectivity index (χ0v) is 20.6. The molecule has 1 aliphatic rings. The number of fused-ring (bicyclic) bond motifs is 1. The lowest BCUT2D eigenvalue weighted by Crippen LogP contribution is -2.13. The van der Waals surface area contributed by atoms with Crippen molar-refractivity contribution in [3.05, 3.63) is 82.9 Å². The largest absolute Gasteiger partial charge is 0.494 e. The first-order chi connectivity index (χ1) is 17.8. The van der Waals surface area contributed by atoms with Gasteiger partial charge in [0.05, 0.1) is 32.5 Å². The van der Waals surface area contributed by atoms with Crippen LogP contribution in [0.3, 0.4) is 0 Å². The van der Waals surface area contributed by atoms with E-state index in [1.54, 1.807) is 42.7 Å². The van der Waals surface area contributed by atoms with Crippen LogP contribution in [0.2, 0.25) is 0 Å². The van der Waals surface area contributed by atoms with E-state index in [1.165, 1.54) is 26.4 Å². The molecule has 1 heterocycles. The molecule has 9 heteroatoms. The van der Waals surface area contributed by atoms with Crippen LogP contribution in [0.4, 0.5) is 15.8 Å². The number of anilines is 2. The summed E-state index contributed by atoms with van der Waals surface area (Å²) >= 11 is 0. The smallest absolute Gasteiger partial charge is 0.322 e. The number of nitrogens with one attached hydrogen (secondary N) is 2. The number of ether oxygens (including phenoxy) is 2. The van der Waals surface area contributed by atoms with Gasteiger partial charge in [-0.15, -0.1) is 0 Å². The van der Waals surface area contributed by atoms with Gasteiger partial charge < -0.3 is 25.2 Å². The zero-order valence-electron chi connectivity index (χ0n) is 20.6. The highest BCUT2D eigenvalue weighted by molar-refractivity contribution is 6.10. The number of aromatic nitrogens is 1. The highest BCUT2D eigenvalue weighted by Gasteiger charge is 2.26. The van der Waals surface area contributed by atoms with E-state index in [2.05, 4.69) is 15.6 Å². The van der Waals surface area contributed by atoms with E-state index in [0.29, 0.717) is 28.4 Å². The van der Waals surface area contributed by atoms with Gasteiger partial charge in [-0.1, -0.05) is 6.07 Å². The average Bonchev–Trinajstić information content (AvgIpc) is 3.12. The fourth-order valence-electron chi connectivity index (χ4n) is 4.30. The molecule has 0 unspecified atom stereocenters. The lowest BCUT2D eigenvalue weighted by molar-refractivity contribution is -0.135. The molecular weight excluding hydrogens is 477 g/mol. The fraction of sp³-hybridized carbons (Fsp3) is 0.179. The standard InChI is InChI=1S/C28H26FN3O5/c1-16-21(9-17-10-24(36-2)28(25(11-17)37-3)31-15-27(34)35)20-7-6-18(29)12-23(20)22(16)13-26(33)32-19-5-4-8-30-14-19/h4-12,14,31H,13,15H2,1-3H3,(H,32,33)(H,34,35). The number of pyridine rings is 1. The number of nitrogens with zero attached hydrogens (tertiary/aromatic N) is 1. The van der Waals surface area contributed by atoms with Crippen molar-refractivity contribution in [2.45, 2.75) is 13.3 Å². The molecule has 0 saturated carbocycles. The Morgan fingerprint density at radius 3 is 2.43 bits per heavy atom. The van der Waals surface area contributed by atoms with E-state index < -0.39 is 11.8 Å². The molecular formula is C28H26FN3O5. The summed E-state index contributed by atoms with van der Waals surface area (Å²) in [7, 11) is 2.96. The van der Waals surface area contributed by atoms with Crippen LogP contribution in [0.1, 0.15) is 30.0 Å². The maximum absolute atomic E-state index is 14.2. The van der Waals surface area contributed by atoms with E-state index in [1.807, 2.05) is 13.0 Å². The monoisotopic (exact) mass is 503 g/mol. The van der Waals surface area contributed by atoms with E-state index in [0.717, 1.165) is 27.8 Å². The summed E-state index contributed by atoms with van der Waals surface area (Å²) in [6.45, 7) is 1.59. The molecule has 3 N–H and O–H groups in total. The summed E-state index contributed by atoms with van der Waals surface area (Å²) in [5.41, 5.74) is 5.57. The second kappa shape index (κ2) is 10.9. The van der Waals surface area contributed by atoms with Gasteiger partial charge in [-0.05, 0) is 82.8 Å². The lowest BCUT2D eigenvalue weighted by Gasteiger charge is -2.15. The van der Waals surface area contributed by atoms with Gasteiger partial charge in [0.15, 0.2) is 0 Å². The molecule has 3 aromatic rings. The van der Waals surface area contributed by atoms with Crippen molar-refractivity contribution in [3.63, 3.8) is 0 Å². The first-order valence-corrected chi connectivity index (χ1v) is 11.4. The summed E-state index contributed by atoms with van der Waals surface area (Å²) in [6, 6.07) is 11.5. The maximum atomic E-state index is 14.2. The molecule has 2 aromatic carbocycles. The van der Waals surface area contributed by atoms with Gasteiger partial charge in [-0.25, -0.2) is 4.39 Å². The first-order valence-electron chi connectivity index (χ1n) is 11.4. The number of carbonyl (C=O) groups is 2. The molecule has 1 amide bonds. The van der Waals surface area contributed by atoms with Crippen molar-refractivity contribution in [2.24, 2.45) is 0 Å². The number of rotatable bonds is 9. The minimum absolute atomic E-state index is 0.0548. The summed E-state index contributed by atoms with van der Waals surface area (Å²) in [6.07, 6.45) is 5.14. The molecule has 0 radical (unpaired) electrons. The van der Waals surface area contributed by atoms with Crippen molar-refractivity contribution >= 4 is 40.5 Å². The molecule has 0 spiro atoms. The number of carboxylic acids is 1. The Balaban J connectivity index is 1.73. The molecule has 4 rings (SSSR count).